The van der Waals surface area contributed by atoms with Gasteiger partial charge in [0.2, 0.25) is 0 Å². The molecular weight excluding hydrogens is 264 g/mol. The molecule has 0 spiro atoms. The van der Waals surface area contributed by atoms with Gasteiger partial charge in [-0.1, -0.05) is 19.1 Å². The highest BCUT2D eigenvalue weighted by atomic mass is 16.3. The van der Waals surface area contributed by atoms with Crippen LogP contribution >= 0.6 is 0 Å². The van der Waals surface area contributed by atoms with Crippen LogP contribution in [-0.4, -0.2) is 38.8 Å². The summed E-state index contributed by atoms with van der Waals surface area (Å²) in [4.78, 5) is 0. The third-order valence-electron chi connectivity index (χ3n) is 4.28. The molecule has 1 aromatic carbocycles. The largest absolute Gasteiger partial charge is 0.390 e. The van der Waals surface area contributed by atoms with Crippen molar-refractivity contribution in [2.45, 2.75) is 60.2 Å². The number of hydrogen-bond acceptors (Lipinski definition) is 4. The fourth-order valence-electron chi connectivity index (χ4n) is 2.62. The molecule has 1 unspecified atom stereocenters. The highest BCUT2D eigenvalue weighted by Crippen LogP contribution is 2.27. The number of fused-ring (bicyclic) bond motifs is 1. The van der Waals surface area contributed by atoms with Gasteiger partial charge in [-0.2, -0.15) is 0 Å². The van der Waals surface area contributed by atoms with Gasteiger partial charge in [0.25, 0.3) is 0 Å². The van der Waals surface area contributed by atoms with E-state index in [9.17, 15) is 5.11 Å². The third-order valence-corrected chi connectivity index (χ3v) is 4.28. The summed E-state index contributed by atoms with van der Waals surface area (Å²) in [5.74, 6) is 0. The van der Waals surface area contributed by atoms with Crippen LogP contribution in [-0.2, 0) is 6.54 Å². The molecule has 0 radical (unpaired) electrons. The predicted molar refractivity (Wildman–Crippen MR) is 85.6 cm³/mol. The van der Waals surface area contributed by atoms with E-state index in [4.69, 9.17) is 0 Å². The number of nitrogens with one attached hydrogen (secondary N) is 1. The van der Waals surface area contributed by atoms with E-state index >= 15 is 0 Å². The average Bonchev–Trinajstić information content (AvgIpc) is 2.84. The number of hydrogen-bond donors (Lipinski definition) is 2. The van der Waals surface area contributed by atoms with Crippen molar-refractivity contribution in [2.24, 2.45) is 0 Å². The minimum Gasteiger partial charge on any atom is -0.390 e. The first-order chi connectivity index (χ1) is 9.82. The van der Waals surface area contributed by atoms with E-state index in [1.807, 2.05) is 4.68 Å². The molecule has 1 heterocycles. The van der Waals surface area contributed by atoms with Crippen molar-refractivity contribution in [3.63, 3.8) is 0 Å². The van der Waals surface area contributed by atoms with Gasteiger partial charge in [-0.15, -0.1) is 5.10 Å². The van der Waals surface area contributed by atoms with Crippen molar-refractivity contribution < 1.29 is 5.11 Å². The minimum absolute atomic E-state index is 0.362. The maximum absolute atomic E-state index is 10.2. The summed E-state index contributed by atoms with van der Waals surface area (Å²) in [6.45, 7) is 13.6. The summed E-state index contributed by atoms with van der Waals surface area (Å²) in [6, 6.07) is 0.362. The monoisotopic (exact) mass is 290 g/mol. The van der Waals surface area contributed by atoms with E-state index in [1.54, 1.807) is 0 Å². The summed E-state index contributed by atoms with van der Waals surface area (Å²) in [5, 5.41) is 22.0. The Balaban J connectivity index is 2.34. The summed E-state index contributed by atoms with van der Waals surface area (Å²) in [5.41, 5.74) is 6.91. The fourth-order valence-corrected chi connectivity index (χ4v) is 2.62. The topological polar surface area (TPSA) is 63.0 Å². The normalized spacial score (nSPS) is 13.3. The molecule has 116 valence electrons. The molecule has 1 aromatic heterocycles. The first-order valence-electron chi connectivity index (χ1n) is 7.54. The summed E-state index contributed by atoms with van der Waals surface area (Å²) in [6.07, 6.45) is -0.474. The van der Waals surface area contributed by atoms with Crippen molar-refractivity contribution in [2.75, 3.05) is 6.54 Å². The van der Waals surface area contributed by atoms with Gasteiger partial charge in [-0.3, -0.25) is 0 Å². The third kappa shape index (κ3) is 3.09. The summed E-state index contributed by atoms with van der Waals surface area (Å²) >= 11 is 0. The van der Waals surface area contributed by atoms with Gasteiger partial charge in [-0.25, -0.2) is 4.68 Å². The molecule has 2 aromatic rings. The zero-order valence-electron chi connectivity index (χ0n) is 13.9. The van der Waals surface area contributed by atoms with Crippen molar-refractivity contribution in [1.29, 1.82) is 0 Å². The van der Waals surface area contributed by atoms with Gasteiger partial charge < -0.3 is 10.4 Å². The molecular formula is C16H26N4O. The zero-order chi connectivity index (χ0) is 15.7. The van der Waals surface area contributed by atoms with Crippen molar-refractivity contribution in [1.82, 2.24) is 20.3 Å². The minimum atomic E-state index is -0.474. The zero-order valence-corrected chi connectivity index (χ0v) is 13.9. The van der Waals surface area contributed by atoms with Crippen LogP contribution in [0.1, 0.15) is 36.1 Å². The number of benzene rings is 1. The maximum atomic E-state index is 10.2. The second kappa shape index (κ2) is 6.12. The van der Waals surface area contributed by atoms with E-state index in [0.717, 1.165) is 11.0 Å². The first kappa shape index (κ1) is 15.9. The van der Waals surface area contributed by atoms with Crippen LogP contribution < -0.4 is 5.32 Å². The van der Waals surface area contributed by atoms with Crippen LogP contribution in [0, 0.1) is 27.7 Å². The number of aryl methyl sites for hydroxylation is 2. The van der Waals surface area contributed by atoms with Crippen molar-refractivity contribution >= 4 is 11.0 Å². The Bertz CT molecular complexity index is 645. The standard InChI is InChI=1S/C16H26N4O/c1-9(2)17-7-14(21)8-20-16-13(6)11(4)10(3)12(5)15(16)18-19-20/h9,14,17,21H,7-8H2,1-6H3. The molecule has 0 saturated carbocycles. The van der Waals surface area contributed by atoms with Crippen molar-refractivity contribution in [3.05, 3.63) is 22.3 Å². The number of rotatable bonds is 5. The lowest BCUT2D eigenvalue weighted by atomic mass is 9.97. The molecule has 0 aliphatic rings. The smallest absolute Gasteiger partial charge is 0.116 e. The SMILES string of the molecule is Cc1c(C)c(C)c2c(nnn2CC(O)CNC(C)C)c1C. The summed E-state index contributed by atoms with van der Waals surface area (Å²) in [7, 11) is 0. The Morgan fingerprint density at radius 3 is 2.29 bits per heavy atom. The summed E-state index contributed by atoms with van der Waals surface area (Å²) < 4.78 is 1.83. The van der Waals surface area contributed by atoms with E-state index in [1.165, 1.54) is 22.3 Å². The number of aliphatic hydroxyl groups is 1. The molecule has 0 bridgehead atoms. The van der Waals surface area contributed by atoms with Gasteiger partial charge in [0.05, 0.1) is 18.2 Å². The molecule has 0 aliphatic carbocycles. The lowest BCUT2D eigenvalue weighted by Gasteiger charge is -2.16. The van der Waals surface area contributed by atoms with Crippen LogP contribution in [0.4, 0.5) is 0 Å². The van der Waals surface area contributed by atoms with Gasteiger partial charge in [0, 0.05) is 12.6 Å². The Morgan fingerprint density at radius 2 is 1.67 bits per heavy atom. The number of nitrogens with zero attached hydrogens (tertiary/aromatic N) is 3. The maximum Gasteiger partial charge on any atom is 0.116 e. The Hall–Kier alpha value is -1.46. The van der Waals surface area contributed by atoms with Gasteiger partial charge in [-0.05, 0) is 49.9 Å². The van der Waals surface area contributed by atoms with E-state index in [-0.39, 0.29) is 0 Å². The van der Waals surface area contributed by atoms with E-state index < -0.39 is 6.10 Å². The Morgan fingerprint density at radius 1 is 1.05 bits per heavy atom. The van der Waals surface area contributed by atoms with Crippen LogP contribution in [0.25, 0.3) is 11.0 Å². The van der Waals surface area contributed by atoms with Gasteiger partial charge in [0.15, 0.2) is 0 Å². The van der Waals surface area contributed by atoms with Crippen LogP contribution in [0.3, 0.4) is 0 Å². The molecule has 0 fully saturated rings. The second-order valence-electron chi connectivity index (χ2n) is 6.19. The molecule has 2 N–H and O–H groups in total. The molecule has 1 atom stereocenters. The molecule has 0 aliphatic heterocycles. The number of aromatic nitrogens is 3. The number of aliphatic hydroxyl groups excluding tert-OH is 1. The predicted octanol–water partition coefficient (Wildman–Crippen LogP) is 2.02. The lowest BCUT2D eigenvalue weighted by Crippen LogP contribution is -2.34. The van der Waals surface area contributed by atoms with Gasteiger partial charge >= 0.3 is 0 Å². The highest BCUT2D eigenvalue weighted by molar-refractivity contribution is 5.84. The van der Waals surface area contributed by atoms with Crippen LogP contribution in [0.15, 0.2) is 0 Å². The molecule has 2 rings (SSSR count). The molecule has 0 amide bonds. The van der Waals surface area contributed by atoms with Crippen LogP contribution in [0.2, 0.25) is 0 Å². The van der Waals surface area contributed by atoms with Crippen LogP contribution in [0.5, 0.6) is 0 Å². The Kier molecular flexibility index (Phi) is 4.64. The fraction of sp³-hybridized carbons (Fsp3) is 0.625. The quantitative estimate of drug-likeness (QED) is 0.884. The first-order valence-corrected chi connectivity index (χ1v) is 7.54. The molecule has 5 nitrogen and oxygen atoms in total. The lowest BCUT2D eigenvalue weighted by molar-refractivity contribution is 0.145. The van der Waals surface area contributed by atoms with E-state index in [0.29, 0.717) is 19.1 Å². The average molecular weight is 290 g/mol. The molecule has 21 heavy (non-hydrogen) atoms. The highest BCUT2D eigenvalue weighted by Gasteiger charge is 2.17. The molecule has 5 heteroatoms. The van der Waals surface area contributed by atoms with Gasteiger partial charge in [0.1, 0.15) is 5.52 Å². The van der Waals surface area contributed by atoms with E-state index in [2.05, 4.69) is 57.2 Å². The molecule has 0 saturated heterocycles. The Labute approximate surface area is 126 Å². The second-order valence-corrected chi connectivity index (χ2v) is 6.19. The van der Waals surface area contributed by atoms with Crippen molar-refractivity contribution in [3.8, 4) is 0 Å².